The first-order chi connectivity index (χ1) is 15.9. The Bertz CT molecular complexity index is 369. The normalized spacial score (nSPS) is 15.6. The van der Waals surface area contributed by atoms with Crippen LogP contribution in [-0.2, 0) is 0 Å². The van der Waals surface area contributed by atoms with Crippen LogP contribution in [0, 0.1) is 11.8 Å². The monoisotopic (exact) mass is 469 g/mol. The standard InChI is InChI=1S/C30H63NO2/c1-6-9-10-11-12-13-14-15-16-17-18-19-20-21-22-31(25-29(32)23-27(4)7-2)26-30(33)24-28(5)8-3/h27-30,32-33H,6-26H2,1-5H3. The Balaban J connectivity index is 3.97. The van der Waals surface area contributed by atoms with Crippen molar-refractivity contribution in [2.24, 2.45) is 11.8 Å². The second kappa shape index (κ2) is 23.6. The highest BCUT2D eigenvalue weighted by molar-refractivity contribution is 4.72. The van der Waals surface area contributed by atoms with E-state index < -0.39 is 0 Å². The van der Waals surface area contributed by atoms with Gasteiger partial charge in [0.1, 0.15) is 0 Å². The summed E-state index contributed by atoms with van der Waals surface area (Å²) in [4.78, 5) is 2.33. The van der Waals surface area contributed by atoms with Gasteiger partial charge in [0.15, 0.2) is 0 Å². The molecular weight excluding hydrogens is 406 g/mol. The fraction of sp³-hybridized carbons (Fsp3) is 1.00. The molecule has 0 bridgehead atoms. The lowest BCUT2D eigenvalue weighted by molar-refractivity contribution is 0.0502. The number of rotatable bonds is 25. The van der Waals surface area contributed by atoms with Crippen LogP contribution in [0.1, 0.15) is 150 Å². The molecule has 3 heteroatoms. The molecule has 3 nitrogen and oxygen atoms in total. The Hall–Kier alpha value is -0.120. The average Bonchev–Trinajstić information content (AvgIpc) is 2.78. The third-order valence-electron chi connectivity index (χ3n) is 7.51. The van der Waals surface area contributed by atoms with E-state index in [1.165, 1.54) is 89.9 Å². The average molecular weight is 470 g/mol. The van der Waals surface area contributed by atoms with E-state index in [-0.39, 0.29) is 12.2 Å². The van der Waals surface area contributed by atoms with Crippen LogP contribution in [0.25, 0.3) is 0 Å². The summed E-state index contributed by atoms with van der Waals surface area (Å²) in [7, 11) is 0. The Labute approximate surface area is 209 Å². The molecule has 33 heavy (non-hydrogen) atoms. The molecule has 0 aromatic rings. The third-order valence-corrected chi connectivity index (χ3v) is 7.51. The van der Waals surface area contributed by atoms with Gasteiger partial charge in [0.2, 0.25) is 0 Å². The topological polar surface area (TPSA) is 43.7 Å². The van der Waals surface area contributed by atoms with Crippen LogP contribution in [0.15, 0.2) is 0 Å². The molecule has 0 spiro atoms. The maximum atomic E-state index is 10.6. The summed E-state index contributed by atoms with van der Waals surface area (Å²) >= 11 is 0. The van der Waals surface area contributed by atoms with E-state index in [4.69, 9.17) is 0 Å². The number of hydrogen-bond donors (Lipinski definition) is 2. The van der Waals surface area contributed by atoms with Gasteiger partial charge < -0.3 is 10.2 Å². The van der Waals surface area contributed by atoms with Gasteiger partial charge in [-0.3, -0.25) is 4.90 Å². The van der Waals surface area contributed by atoms with Gasteiger partial charge in [-0.15, -0.1) is 0 Å². The first-order valence-corrected chi connectivity index (χ1v) is 15.0. The molecule has 0 amide bonds. The lowest BCUT2D eigenvalue weighted by atomic mass is 9.99. The smallest absolute Gasteiger partial charge is 0.0669 e. The second-order valence-corrected chi connectivity index (χ2v) is 11.2. The van der Waals surface area contributed by atoms with Gasteiger partial charge in [-0.05, 0) is 37.6 Å². The molecule has 0 aromatic heterocycles. The van der Waals surface area contributed by atoms with Crippen molar-refractivity contribution in [3.8, 4) is 0 Å². The molecule has 0 saturated heterocycles. The summed E-state index contributed by atoms with van der Waals surface area (Å²) in [6.07, 6.45) is 22.7. The van der Waals surface area contributed by atoms with Gasteiger partial charge in [-0.1, -0.05) is 131 Å². The van der Waals surface area contributed by atoms with Crippen molar-refractivity contribution < 1.29 is 10.2 Å². The largest absolute Gasteiger partial charge is 0.392 e. The van der Waals surface area contributed by atoms with Crippen molar-refractivity contribution in [2.75, 3.05) is 19.6 Å². The predicted octanol–water partition coefficient (Wildman–Crippen LogP) is 8.36. The summed E-state index contributed by atoms with van der Waals surface area (Å²) in [6, 6.07) is 0. The molecule has 4 unspecified atom stereocenters. The van der Waals surface area contributed by atoms with Crippen molar-refractivity contribution in [3.05, 3.63) is 0 Å². The summed E-state index contributed by atoms with van der Waals surface area (Å²) in [5, 5.41) is 21.1. The molecule has 0 heterocycles. The molecule has 0 aromatic carbocycles. The first kappa shape index (κ1) is 32.9. The Morgan fingerprint density at radius 2 is 0.848 bits per heavy atom. The van der Waals surface area contributed by atoms with Crippen molar-refractivity contribution in [3.63, 3.8) is 0 Å². The molecule has 4 atom stereocenters. The molecule has 0 aliphatic heterocycles. The third kappa shape index (κ3) is 22.1. The van der Waals surface area contributed by atoms with Gasteiger partial charge in [-0.2, -0.15) is 0 Å². The quantitative estimate of drug-likeness (QED) is 0.132. The minimum absolute atomic E-state index is 0.276. The van der Waals surface area contributed by atoms with E-state index in [9.17, 15) is 10.2 Å². The number of aliphatic hydroxyl groups is 2. The van der Waals surface area contributed by atoms with Crippen LogP contribution >= 0.6 is 0 Å². The Morgan fingerprint density at radius 3 is 1.18 bits per heavy atom. The molecule has 0 aliphatic carbocycles. The van der Waals surface area contributed by atoms with Crippen LogP contribution in [-0.4, -0.2) is 47.0 Å². The van der Waals surface area contributed by atoms with Crippen LogP contribution in [0.2, 0.25) is 0 Å². The van der Waals surface area contributed by atoms with E-state index in [0.717, 1.165) is 32.2 Å². The fourth-order valence-corrected chi connectivity index (χ4v) is 4.79. The molecule has 0 saturated carbocycles. The van der Waals surface area contributed by atoms with Gasteiger partial charge >= 0.3 is 0 Å². The van der Waals surface area contributed by atoms with Gasteiger partial charge in [0, 0.05) is 13.1 Å². The summed E-state index contributed by atoms with van der Waals surface area (Å²) in [5.74, 6) is 1.13. The van der Waals surface area contributed by atoms with Crippen molar-refractivity contribution in [1.82, 2.24) is 4.90 Å². The zero-order chi connectivity index (χ0) is 24.7. The molecule has 0 fully saturated rings. The minimum Gasteiger partial charge on any atom is -0.392 e. The van der Waals surface area contributed by atoms with E-state index >= 15 is 0 Å². The van der Waals surface area contributed by atoms with E-state index in [2.05, 4.69) is 39.5 Å². The van der Waals surface area contributed by atoms with Gasteiger partial charge in [0.25, 0.3) is 0 Å². The summed E-state index contributed by atoms with van der Waals surface area (Å²) in [6.45, 7) is 13.5. The maximum absolute atomic E-state index is 10.6. The Kier molecular flexibility index (Phi) is 23.5. The first-order valence-electron chi connectivity index (χ1n) is 15.0. The van der Waals surface area contributed by atoms with E-state index in [1.807, 2.05) is 0 Å². The van der Waals surface area contributed by atoms with Crippen LogP contribution in [0.5, 0.6) is 0 Å². The van der Waals surface area contributed by atoms with Crippen LogP contribution < -0.4 is 0 Å². The molecular formula is C30H63NO2. The summed E-state index contributed by atoms with van der Waals surface area (Å²) in [5.41, 5.74) is 0. The van der Waals surface area contributed by atoms with Gasteiger partial charge in [0.05, 0.1) is 12.2 Å². The van der Waals surface area contributed by atoms with Crippen molar-refractivity contribution in [1.29, 1.82) is 0 Å². The van der Waals surface area contributed by atoms with E-state index in [1.54, 1.807) is 0 Å². The van der Waals surface area contributed by atoms with Crippen molar-refractivity contribution in [2.45, 2.75) is 162 Å². The Morgan fingerprint density at radius 1 is 0.515 bits per heavy atom. The number of nitrogens with zero attached hydrogens (tertiary/aromatic N) is 1. The molecule has 0 radical (unpaired) electrons. The highest BCUT2D eigenvalue weighted by Gasteiger charge is 2.18. The number of hydrogen-bond acceptors (Lipinski definition) is 3. The maximum Gasteiger partial charge on any atom is 0.0669 e. The number of aliphatic hydroxyl groups excluding tert-OH is 2. The predicted molar refractivity (Wildman–Crippen MR) is 147 cm³/mol. The fourth-order valence-electron chi connectivity index (χ4n) is 4.79. The molecule has 200 valence electrons. The zero-order valence-electron chi connectivity index (χ0n) is 23.5. The van der Waals surface area contributed by atoms with Crippen molar-refractivity contribution >= 4 is 0 Å². The molecule has 2 N–H and O–H groups in total. The van der Waals surface area contributed by atoms with Gasteiger partial charge in [-0.25, -0.2) is 0 Å². The molecule has 0 aliphatic rings. The van der Waals surface area contributed by atoms with Crippen LogP contribution in [0.3, 0.4) is 0 Å². The highest BCUT2D eigenvalue weighted by atomic mass is 16.3. The van der Waals surface area contributed by atoms with Crippen LogP contribution in [0.4, 0.5) is 0 Å². The minimum atomic E-state index is -0.276. The zero-order valence-corrected chi connectivity index (χ0v) is 23.5. The highest BCUT2D eigenvalue weighted by Crippen LogP contribution is 2.16. The molecule has 0 rings (SSSR count). The SMILES string of the molecule is CCCCCCCCCCCCCCCCN(CC(O)CC(C)CC)CC(O)CC(C)CC. The summed E-state index contributed by atoms with van der Waals surface area (Å²) < 4.78 is 0. The lowest BCUT2D eigenvalue weighted by Gasteiger charge is -2.29. The number of unbranched alkanes of at least 4 members (excludes halogenated alkanes) is 13. The second-order valence-electron chi connectivity index (χ2n) is 11.2. The van der Waals surface area contributed by atoms with E-state index in [0.29, 0.717) is 24.9 Å². The lowest BCUT2D eigenvalue weighted by Crippen LogP contribution is -2.39.